The van der Waals surface area contributed by atoms with Crippen molar-refractivity contribution >= 4 is 0 Å². The third-order valence-corrected chi connectivity index (χ3v) is 3.75. The van der Waals surface area contributed by atoms with Crippen LogP contribution in [-0.4, -0.2) is 13.1 Å². The lowest BCUT2D eigenvalue weighted by atomic mass is 9.68. The van der Waals surface area contributed by atoms with Gasteiger partial charge in [-0.15, -0.1) is 0 Å². The van der Waals surface area contributed by atoms with Gasteiger partial charge in [-0.25, -0.2) is 8.78 Å². The third kappa shape index (κ3) is 1.84. The molecule has 0 saturated carbocycles. The molecule has 0 atom stereocenters. The second-order valence-corrected chi connectivity index (χ2v) is 5.01. The molecule has 0 aromatic heterocycles. The summed E-state index contributed by atoms with van der Waals surface area (Å²) in [6, 6.07) is 4.43. The molecule has 0 unspecified atom stereocenters. The molecule has 0 spiro atoms. The van der Waals surface area contributed by atoms with E-state index in [9.17, 15) is 8.78 Å². The van der Waals surface area contributed by atoms with E-state index in [1.807, 2.05) is 0 Å². The molecule has 1 aliphatic rings. The Labute approximate surface area is 94.9 Å². The predicted octanol–water partition coefficient (Wildman–Crippen LogP) is 2.75. The van der Waals surface area contributed by atoms with Gasteiger partial charge >= 0.3 is 0 Å². The zero-order valence-electron chi connectivity index (χ0n) is 9.69. The second kappa shape index (κ2) is 4.13. The smallest absolute Gasteiger partial charge is 0.162 e. The fourth-order valence-corrected chi connectivity index (χ4v) is 2.25. The van der Waals surface area contributed by atoms with Gasteiger partial charge in [-0.1, -0.05) is 26.0 Å². The maximum atomic E-state index is 13.6. The first-order chi connectivity index (χ1) is 7.55. The maximum absolute atomic E-state index is 13.6. The molecule has 1 aromatic carbocycles. The molecule has 1 N–H and O–H groups in total. The molecule has 1 fully saturated rings. The van der Waals surface area contributed by atoms with Gasteiger partial charge in [0.05, 0.1) is 0 Å². The first-order valence-corrected chi connectivity index (χ1v) is 5.69. The van der Waals surface area contributed by atoms with E-state index in [4.69, 9.17) is 0 Å². The van der Waals surface area contributed by atoms with Gasteiger partial charge in [0.15, 0.2) is 11.6 Å². The van der Waals surface area contributed by atoms with Crippen molar-refractivity contribution in [3.05, 3.63) is 35.4 Å². The summed E-state index contributed by atoms with van der Waals surface area (Å²) in [6.07, 6.45) is 0.612. The Hall–Kier alpha value is -0.960. The summed E-state index contributed by atoms with van der Waals surface area (Å²) in [4.78, 5) is 0. The molecule has 0 bridgehead atoms. The van der Waals surface area contributed by atoms with E-state index in [1.54, 1.807) is 12.1 Å². The van der Waals surface area contributed by atoms with Gasteiger partial charge in [0.1, 0.15) is 0 Å². The molecule has 0 radical (unpaired) electrons. The number of hydrogen-bond donors (Lipinski definition) is 1. The van der Waals surface area contributed by atoms with E-state index in [0.717, 1.165) is 13.1 Å². The van der Waals surface area contributed by atoms with Gasteiger partial charge in [-0.05, 0) is 24.0 Å². The highest BCUT2D eigenvalue weighted by Crippen LogP contribution is 2.36. The van der Waals surface area contributed by atoms with Crippen LogP contribution in [0, 0.1) is 23.0 Å². The highest BCUT2D eigenvalue weighted by molar-refractivity contribution is 5.22. The van der Waals surface area contributed by atoms with Crippen molar-refractivity contribution in [3.8, 4) is 0 Å². The van der Waals surface area contributed by atoms with Crippen LogP contribution in [0.25, 0.3) is 0 Å². The Morgan fingerprint density at radius 2 is 2.00 bits per heavy atom. The Morgan fingerprint density at radius 1 is 1.31 bits per heavy atom. The normalized spacial score (nSPS) is 18.6. The topological polar surface area (TPSA) is 12.0 Å². The van der Waals surface area contributed by atoms with E-state index in [1.165, 1.54) is 6.07 Å². The summed E-state index contributed by atoms with van der Waals surface area (Å²) in [6.45, 7) is 6.05. The van der Waals surface area contributed by atoms with E-state index in [0.29, 0.717) is 17.9 Å². The first kappa shape index (κ1) is 11.5. The average Bonchev–Trinajstić information content (AvgIpc) is 2.17. The van der Waals surface area contributed by atoms with Crippen LogP contribution in [0.3, 0.4) is 0 Å². The lowest BCUT2D eigenvalue weighted by molar-refractivity contribution is 0.0980. The van der Waals surface area contributed by atoms with Gasteiger partial charge in [0, 0.05) is 18.5 Å². The van der Waals surface area contributed by atoms with Crippen molar-refractivity contribution in [3.63, 3.8) is 0 Å². The van der Waals surface area contributed by atoms with Crippen LogP contribution in [0.2, 0.25) is 0 Å². The third-order valence-electron chi connectivity index (χ3n) is 3.75. The van der Waals surface area contributed by atoms with Gasteiger partial charge in [0.25, 0.3) is 0 Å². The highest BCUT2D eigenvalue weighted by atomic mass is 19.2. The lowest BCUT2D eigenvalue weighted by Crippen LogP contribution is -2.57. The van der Waals surface area contributed by atoms with E-state index < -0.39 is 11.6 Å². The van der Waals surface area contributed by atoms with Crippen LogP contribution in [0.1, 0.15) is 19.4 Å². The number of rotatable bonds is 3. The minimum Gasteiger partial charge on any atom is -0.315 e. The Morgan fingerprint density at radius 3 is 2.50 bits per heavy atom. The molecule has 1 aliphatic heterocycles. The van der Waals surface area contributed by atoms with Crippen molar-refractivity contribution in [2.75, 3.05) is 13.1 Å². The van der Waals surface area contributed by atoms with E-state index in [2.05, 4.69) is 19.2 Å². The number of nitrogens with one attached hydrogen (secondary N) is 1. The van der Waals surface area contributed by atoms with Crippen molar-refractivity contribution in [1.82, 2.24) is 5.32 Å². The van der Waals surface area contributed by atoms with Crippen LogP contribution in [-0.2, 0) is 6.42 Å². The van der Waals surface area contributed by atoms with E-state index >= 15 is 0 Å². The zero-order valence-corrected chi connectivity index (χ0v) is 9.69. The quantitative estimate of drug-likeness (QED) is 0.834. The van der Waals surface area contributed by atoms with Crippen molar-refractivity contribution in [2.45, 2.75) is 20.3 Å². The van der Waals surface area contributed by atoms with Crippen LogP contribution in [0.4, 0.5) is 8.78 Å². The summed E-state index contributed by atoms with van der Waals surface area (Å²) in [7, 11) is 0. The predicted molar refractivity (Wildman–Crippen MR) is 60.2 cm³/mol. The fourth-order valence-electron chi connectivity index (χ4n) is 2.25. The van der Waals surface area contributed by atoms with Crippen molar-refractivity contribution in [2.24, 2.45) is 11.3 Å². The largest absolute Gasteiger partial charge is 0.315 e. The molecule has 16 heavy (non-hydrogen) atoms. The molecule has 3 heteroatoms. The van der Waals surface area contributed by atoms with Gasteiger partial charge in [-0.3, -0.25) is 0 Å². The summed E-state index contributed by atoms with van der Waals surface area (Å²) >= 11 is 0. The highest BCUT2D eigenvalue weighted by Gasteiger charge is 2.40. The Balaban J connectivity index is 2.23. The molecule has 88 valence electrons. The van der Waals surface area contributed by atoms with Crippen molar-refractivity contribution in [1.29, 1.82) is 0 Å². The summed E-state index contributed by atoms with van der Waals surface area (Å²) in [5, 5.41) is 3.22. The molecular formula is C13H17F2N. The number of hydrogen-bond acceptors (Lipinski definition) is 1. The molecule has 1 aromatic rings. The van der Waals surface area contributed by atoms with E-state index in [-0.39, 0.29) is 5.41 Å². The second-order valence-electron chi connectivity index (χ2n) is 5.01. The monoisotopic (exact) mass is 225 g/mol. The van der Waals surface area contributed by atoms with Gasteiger partial charge in [-0.2, -0.15) is 0 Å². The molecule has 0 aliphatic carbocycles. The summed E-state index contributed by atoms with van der Waals surface area (Å²) < 4.78 is 26.6. The fraction of sp³-hybridized carbons (Fsp3) is 0.538. The Bertz CT molecular complexity index is 384. The van der Waals surface area contributed by atoms with Crippen LogP contribution < -0.4 is 5.32 Å². The van der Waals surface area contributed by atoms with Crippen molar-refractivity contribution < 1.29 is 8.78 Å². The van der Waals surface area contributed by atoms with Crippen LogP contribution in [0.15, 0.2) is 18.2 Å². The number of benzene rings is 1. The average molecular weight is 225 g/mol. The minimum absolute atomic E-state index is 0.0919. The first-order valence-electron chi connectivity index (χ1n) is 5.69. The molecule has 1 nitrogen and oxygen atoms in total. The summed E-state index contributed by atoms with van der Waals surface area (Å²) in [5.74, 6) is -0.963. The maximum Gasteiger partial charge on any atom is 0.162 e. The molecule has 0 amide bonds. The minimum atomic E-state index is -0.747. The standard InChI is InChI=1S/C13H17F2N/c1-9(2)13(7-16-8-13)6-10-4-3-5-11(14)12(10)15/h3-5,9,16H,6-8H2,1-2H3. The van der Waals surface area contributed by atoms with Gasteiger partial charge < -0.3 is 5.32 Å². The molecule has 1 heterocycles. The zero-order chi connectivity index (χ0) is 11.8. The Kier molecular flexibility index (Phi) is 2.98. The van der Waals surface area contributed by atoms with Crippen LogP contribution >= 0.6 is 0 Å². The SMILES string of the molecule is CC(C)C1(Cc2cccc(F)c2F)CNC1. The molecule has 2 rings (SSSR count). The molecule has 1 saturated heterocycles. The van der Waals surface area contributed by atoms with Gasteiger partial charge in [0.2, 0.25) is 0 Å². The summed E-state index contributed by atoms with van der Waals surface area (Å²) in [5.41, 5.74) is 0.587. The molecular weight excluding hydrogens is 208 g/mol. The van der Waals surface area contributed by atoms with Crippen LogP contribution in [0.5, 0.6) is 0 Å². The lowest BCUT2D eigenvalue weighted by Gasteiger charge is -2.46. The number of halogens is 2.